The Kier molecular flexibility index (Phi) is 7.16. The molecule has 0 aromatic carbocycles. The van der Waals surface area contributed by atoms with E-state index in [1.807, 2.05) is 0 Å². The molecule has 1 aliphatic carbocycles. The Hall–Kier alpha value is -0.650. The molecule has 100 valence electrons. The van der Waals surface area contributed by atoms with E-state index in [1.54, 1.807) is 7.11 Å². The van der Waals surface area contributed by atoms with E-state index in [0.29, 0.717) is 25.9 Å². The lowest BCUT2D eigenvalue weighted by atomic mass is 9.86. The van der Waals surface area contributed by atoms with Gasteiger partial charge in [0.25, 0.3) is 0 Å². The Balaban J connectivity index is 2.04. The van der Waals surface area contributed by atoms with Crippen LogP contribution in [0.15, 0.2) is 0 Å². The Bertz CT molecular complexity index is 223. The van der Waals surface area contributed by atoms with E-state index in [4.69, 9.17) is 14.6 Å². The van der Waals surface area contributed by atoms with E-state index in [1.165, 1.54) is 0 Å². The van der Waals surface area contributed by atoms with Crippen LogP contribution in [0.5, 0.6) is 0 Å². The number of carboxylic acids is 1. The van der Waals surface area contributed by atoms with Crippen molar-refractivity contribution in [2.75, 3.05) is 33.5 Å². The number of hydrogen-bond donors (Lipinski definition) is 2. The molecule has 2 unspecified atom stereocenters. The van der Waals surface area contributed by atoms with E-state index >= 15 is 0 Å². The summed E-state index contributed by atoms with van der Waals surface area (Å²) in [6, 6.07) is 0.330. The lowest BCUT2D eigenvalue weighted by Gasteiger charge is -2.27. The van der Waals surface area contributed by atoms with E-state index in [2.05, 4.69) is 5.32 Å². The summed E-state index contributed by atoms with van der Waals surface area (Å²) in [5, 5.41) is 12.3. The number of hydrogen-bond acceptors (Lipinski definition) is 4. The van der Waals surface area contributed by atoms with Gasteiger partial charge in [-0.05, 0) is 19.3 Å². The maximum atomic E-state index is 10.9. The highest BCUT2D eigenvalue weighted by molar-refractivity contribution is 5.70. The van der Waals surface area contributed by atoms with Crippen molar-refractivity contribution in [1.29, 1.82) is 0 Å². The zero-order valence-electron chi connectivity index (χ0n) is 10.5. The second-order valence-corrected chi connectivity index (χ2v) is 4.46. The van der Waals surface area contributed by atoms with Crippen LogP contribution < -0.4 is 5.32 Å². The van der Waals surface area contributed by atoms with Gasteiger partial charge >= 0.3 is 5.97 Å². The van der Waals surface area contributed by atoms with Crippen molar-refractivity contribution < 1.29 is 19.4 Å². The molecule has 5 nitrogen and oxygen atoms in total. The molecule has 0 aromatic heterocycles. The summed E-state index contributed by atoms with van der Waals surface area (Å²) in [7, 11) is 1.65. The predicted molar refractivity (Wildman–Crippen MR) is 64.1 cm³/mol. The predicted octanol–water partition coefficient (Wildman–Crippen LogP) is 0.882. The zero-order valence-corrected chi connectivity index (χ0v) is 10.5. The highest BCUT2D eigenvalue weighted by Crippen LogP contribution is 2.24. The molecule has 1 fully saturated rings. The molecule has 17 heavy (non-hydrogen) atoms. The summed E-state index contributed by atoms with van der Waals surface area (Å²) >= 11 is 0. The number of ether oxygens (including phenoxy) is 2. The van der Waals surface area contributed by atoms with Crippen LogP contribution in [0.3, 0.4) is 0 Å². The molecule has 0 amide bonds. The molecule has 0 radical (unpaired) electrons. The monoisotopic (exact) mass is 245 g/mol. The minimum absolute atomic E-state index is 0.171. The summed E-state index contributed by atoms with van der Waals surface area (Å²) < 4.78 is 10.2. The van der Waals surface area contributed by atoms with Crippen LogP contribution in [0.1, 0.15) is 25.7 Å². The lowest BCUT2D eigenvalue weighted by molar-refractivity contribution is -0.143. The van der Waals surface area contributed by atoms with Gasteiger partial charge in [-0.1, -0.05) is 6.42 Å². The third-order valence-corrected chi connectivity index (χ3v) is 3.13. The maximum absolute atomic E-state index is 10.9. The van der Waals surface area contributed by atoms with Crippen LogP contribution in [-0.4, -0.2) is 50.6 Å². The largest absolute Gasteiger partial charge is 0.481 e. The highest BCUT2D eigenvalue weighted by atomic mass is 16.5. The molecular weight excluding hydrogens is 222 g/mol. The normalized spacial score (nSPS) is 24.8. The smallest absolute Gasteiger partial charge is 0.306 e. The number of carbonyl (C=O) groups is 1. The molecule has 0 bridgehead atoms. The second-order valence-electron chi connectivity index (χ2n) is 4.46. The van der Waals surface area contributed by atoms with Crippen molar-refractivity contribution in [3.63, 3.8) is 0 Å². The van der Waals surface area contributed by atoms with Crippen LogP contribution >= 0.6 is 0 Å². The number of nitrogens with one attached hydrogen (secondary N) is 1. The fourth-order valence-electron chi connectivity index (χ4n) is 2.18. The molecule has 0 saturated heterocycles. The van der Waals surface area contributed by atoms with E-state index in [9.17, 15) is 4.79 Å². The zero-order chi connectivity index (χ0) is 12.5. The maximum Gasteiger partial charge on any atom is 0.306 e. The topological polar surface area (TPSA) is 67.8 Å². The van der Waals surface area contributed by atoms with Gasteiger partial charge in [-0.2, -0.15) is 0 Å². The summed E-state index contributed by atoms with van der Waals surface area (Å²) in [5.74, 6) is -0.830. The summed E-state index contributed by atoms with van der Waals surface area (Å²) in [6.45, 7) is 2.66. The third-order valence-electron chi connectivity index (χ3n) is 3.13. The first-order valence-electron chi connectivity index (χ1n) is 6.27. The first-order valence-corrected chi connectivity index (χ1v) is 6.27. The Morgan fingerprint density at radius 1 is 1.35 bits per heavy atom. The van der Waals surface area contributed by atoms with Crippen LogP contribution in [-0.2, 0) is 14.3 Å². The lowest BCUT2D eigenvalue weighted by Crippen LogP contribution is -2.38. The summed E-state index contributed by atoms with van der Waals surface area (Å²) in [6.07, 6.45) is 3.63. The molecule has 1 aliphatic rings. The SMILES string of the molecule is COCCOCCNC1CCCC(C(=O)O)C1. The van der Waals surface area contributed by atoms with Crippen LogP contribution in [0.2, 0.25) is 0 Å². The second kappa shape index (κ2) is 8.44. The molecule has 0 aromatic rings. The third kappa shape index (κ3) is 6.00. The van der Waals surface area contributed by atoms with E-state index < -0.39 is 5.97 Å². The van der Waals surface area contributed by atoms with Gasteiger partial charge in [0.1, 0.15) is 0 Å². The molecular formula is C12H23NO4. The number of methoxy groups -OCH3 is 1. The Labute approximate surface area is 102 Å². The molecule has 2 atom stereocenters. The van der Waals surface area contributed by atoms with Gasteiger partial charge in [0.05, 0.1) is 25.7 Å². The van der Waals surface area contributed by atoms with Crippen molar-refractivity contribution in [1.82, 2.24) is 5.32 Å². The van der Waals surface area contributed by atoms with E-state index in [0.717, 1.165) is 32.2 Å². The average Bonchev–Trinajstić information content (AvgIpc) is 2.34. The fourth-order valence-corrected chi connectivity index (χ4v) is 2.18. The molecule has 0 spiro atoms. The molecule has 2 N–H and O–H groups in total. The van der Waals surface area contributed by atoms with Gasteiger partial charge in [-0.15, -0.1) is 0 Å². The van der Waals surface area contributed by atoms with Gasteiger partial charge < -0.3 is 19.9 Å². The van der Waals surface area contributed by atoms with Crippen molar-refractivity contribution >= 4 is 5.97 Å². The first-order chi connectivity index (χ1) is 8.24. The Morgan fingerprint density at radius 3 is 2.88 bits per heavy atom. The average molecular weight is 245 g/mol. The van der Waals surface area contributed by atoms with Crippen molar-refractivity contribution in [2.24, 2.45) is 5.92 Å². The number of aliphatic carboxylic acids is 1. The summed E-state index contributed by atoms with van der Waals surface area (Å²) in [4.78, 5) is 10.9. The minimum Gasteiger partial charge on any atom is -0.481 e. The van der Waals surface area contributed by atoms with Gasteiger partial charge in [-0.25, -0.2) is 0 Å². The van der Waals surface area contributed by atoms with Crippen molar-refractivity contribution in [3.8, 4) is 0 Å². The number of rotatable bonds is 8. The van der Waals surface area contributed by atoms with Gasteiger partial charge in [-0.3, -0.25) is 4.79 Å². The first kappa shape index (κ1) is 14.4. The molecule has 1 rings (SSSR count). The van der Waals surface area contributed by atoms with Crippen molar-refractivity contribution in [3.05, 3.63) is 0 Å². The molecule has 0 heterocycles. The number of carboxylic acid groups (broad SMARTS) is 1. The fraction of sp³-hybridized carbons (Fsp3) is 0.917. The van der Waals surface area contributed by atoms with Crippen LogP contribution in [0, 0.1) is 5.92 Å². The Morgan fingerprint density at radius 2 is 2.18 bits per heavy atom. The van der Waals surface area contributed by atoms with Crippen LogP contribution in [0.4, 0.5) is 0 Å². The molecule has 1 saturated carbocycles. The standard InChI is InChI=1S/C12H23NO4/c1-16-7-8-17-6-5-13-11-4-2-3-10(9-11)12(14)15/h10-11,13H,2-9H2,1H3,(H,14,15). The molecule has 0 aliphatic heterocycles. The van der Waals surface area contributed by atoms with Gasteiger partial charge in [0.2, 0.25) is 0 Å². The summed E-state index contributed by atoms with van der Waals surface area (Å²) in [5.41, 5.74) is 0. The molecule has 5 heteroatoms. The quantitative estimate of drug-likeness (QED) is 0.621. The van der Waals surface area contributed by atoms with Gasteiger partial charge in [0.15, 0.2) is 0 Å². The van der Waals surface area contributed by atoms with Gasteiger partial charge in [0, 0.05) is 19.7 Å². The highest BCUT2D eigenvalue weighted by Gasteiger charge is 2.26. The van der Waals surface area contributed by atoms with E-state index in [-0.39, 0.29) is 5.92 Å². The van der Waals surface area contributed by atoms with Crippen LogP contribution in [0.25, 0.3) is 0 Å². The minimum atomic E-state index is -0.659. The van der Waals surface area contributed by atoms with Crippen molar-refractivity contribution in [2.45, 2.75) is 31.7 Å².